The summed E-state index contributed by atoms with van der Waals surface area (Å²) in [6.45, 7) is 24.8. The number of nitro benzene ring substituents is 1. The zero-order chi connectivity index (χ0) is 96.9. The van der Waals surface area contributed by atoms with Gasteiger partial charge < -0.3 is 27.4 Å². The van der Waals surface area contributed by atoms with Crippen LogP contribution < -0.4 is 17.2 Å². The predicted octanol–water partition coefficient (Wildman–Crippen LogP) is 17.1. The van der Waals surface area contributed by atoms with E-state index in [1.807, 2.05) is 192 Å². The van der Waals surface area contributed by atoms with Gasteiger partial charge in [-0.3, -0.25) is 53.8 Å². The van der Waals surface area contributed by atoms with Crippen LogP contribution in [-0.4, -0.2) is 160 Å². The zero-order valence-corrected chi connectivity index (χ0v) is 78.9. The standard InChI is InChI=1S/C105H123N11O18/c1-70-97(10,88(117)118)103(58-55-85(73-37-22-16-23-38-73)74-39-24-17-25-40-74)80-50-35-53-83(68-80)113(127)133-115(130-91(122)100(103,13)94(4,5)109(70)64-61-106)129-90(121)99(12)72(3)111(66-63-108)96(8,9)102(15,105(99,79-49-34-52-82(67-79)112(125)126)60-57-87(77-45-30-20-31-46-77)78-47-32-21-33-48-78)93(124)132-116-131-92(123)101(14)95(6,7)110(65-62-107)71(2)98(11,89(119)120)104(101,81-51-36-54-84(69-81)114(128)134-116)59-56-86(75-41-26-18-27-42-75)76-43-28-19-29-44-76/h16-54,67-72,85-87H,55-66,106-108H2,1-15H3/p+2. The number of benzene rings is 9. The van der Waals surface area contributed by atoms with Gasteiger partial charge in [0.1, 0.15) is 0 Å². The normalized spacial score (nSPS) is 28.2. The average Bonchev–Trinajstić information content (AvgIpc) is 0.668. The molecule has 0 saturated carbocycles. The van der Waals surface area contributed by atoms with Crippen LogP contribution in [0.15, 0.2) is 255 Å². The maximum Gasteiger partial charge on any atom is 0.341 e. The van der Waals surface area contributed by atoms with Crippen LogP contribution in [0, 0.1) is 52.4 Å². The van der Waals surface area contributed by atoms with Crippen LogP contribution in [0.25, 0.3) is 0 Å². The molecular weight excluding hydrogens is 1700 g/mol. The number of non-ortho nitro benzene ring substituents is 1. The molecule has 5 aliphatic heterocycles. The van der Waals surface area contributed by atoms with Crippen LogP contribution >= 0.6 is 0 Å². The van der Waals surface area contributed by atoms with E-state index in [0.29, 0.717) is 0 Å². The molecule has 29 heteroatoms. The van der Waals surface area contributed by atoms with E-state index in [4.69, 9.17) is 46.4 Å². The lowest BCUT2D eigenvalue weighted by atomic mass is 9.38. The molecule has 9 aromatic carbocycles. The number of likely N-dealkylation sites (tertiary alicyclic amines) is 3. The molecule has 3 fully saturated rings. The molecule has 706 valence electrons. The third-order valence-electron chi connectivity index (χ3n) is 33.8. The molecule has 0 aliphatic carbocycles. The highest BCUT2D eigenvalue weighted by atomic mass is 17.2. The van der Waals surface area contributed by atoms with Gasteiger partial charge in [0, 0.05) is 144 Å². The summed E-state index contributed by atoms with van der Waals surface area (Å²) in [6, 6.07) is 71.7. The molecular formula is C105H125N11O18+2. The number of rotatable bonds is 29. The lowest BCUT2D eigenvalue weighted by molar-refractivity contribution is -0.852. The Bertz CT molecular complexity index is 5750. The Morgan fingerprint density at radius 2 is 0.687 bits per heavy atom. The summed E-state index contributed by atoms with van der Waals surface area (Å²) in [4.78, 5) is 191. The molecule has 0 amide bonds. The lowest BCUT2D eigenvalue weighted by Crippen LogP contribution is -2.82. The van der Waals surface area contributed by atoms with Crippen molar-refractivity contribution in [1.29, 1.82) is 0 Å². The maximum absolute atomic E-state index is 18.2. The number of hydrogen-bond acceptors (Lipinski definition) is 24. The first kappa shape index (κ1) is 97.7. The second-order valence-corrected chi connectivity index (χ2v) is 39.2. The molecule has 5 heterocycles. The Balaban J connectivity index is 0.989. The van der Waals surface area contributed by atoms with Crippen molar-refractivity contribution >= 4 is 52.9 Å². The van der Waals surface area contributed by atoms with Crippen molar-refractivity contribution in [2.24, 2.45) is 49.7 Å². The van der Waals surface area contributed by atoms with Crippen molar-refractivity contribution in [3.63, 3.8) is 0 Å². The van der Waals surface area contributed by atoms with Crippen molar-refractivity contribution in [2.45, 2.75) is 211 Å². The molecule has 0 radical (unpaired) electrons. The number of aliphatic carboxylic acids is 2. The summed E-state index contributed by atoms with van der Waals surface area (Å²) in [5.41, 5.74) is -0.752. The van der Waals surface area contributed by atoms with E-state index in [2.05, 4.69) is 0 Å². The summed E-state index contributed by atoms with van der Waals surface area (Å²) in [5.74, 6) is -9.59. The van der Waals surface area contributed by atoms with Crippen molar-refractivity contribution in [2.75, 3.05) is 39.3 Å². The molecule has 14 rings (SSSR count). The lowest BCUT2D eigenvalue weighted by Gasteiger charge is -2.71. The number of carboxylic acid groups (broad SMARTS) is 2. The van der Waals surface area contributed by atoms with Gasteiger partial charge in [0.05, 0.1) is 47.2 Å². The Labute approximate surface area is 782 Å². The van der Waals surface area contributed by atoms with Gasteiger partial charge in [-0.05, 0) is 202 Å². The average molecular weight is 1830 g/mol. The SMILES string of the molecule is CC1N(CCN)C(C)(C)C2(C)C(=O)ON(OC(=O)C3(C)C(C)N(CCN)C(C)(C)C(C)(C(=O)ON4OC(=O)C5(C)C(C)(C)N(CCN)C(C)C(C)(C(=O)O)C5(CCC(c5ccccc5)c5ccccc5)c5cccc(c5)[N+](=O)O4)C3(CCC(c3ccccc3)c3ccccc3)c3cccc([N+](=O)[O-])c3)O[N+](=O)c3cccc(c3)C2(CCC(c2ccccc2)c2ccccc2)C1(C)C(=O)O. The van der Waals surface area contributed by atoms with Crippen LogP contribution in [0.2, 0.25) is 0 Å². The minimum atomic E-state index is -2.60. The minimum absolute atomic E-state index is 0.0154. The van der Waals surface area contributed by atoms with Crippen LogP contribution in [0.1, 0.15) is 210 Å². The van der Waals surface area contributed by atoms with Gasteiger partial charge in [-0.1, -0.05) is 218 Å². The first-order valence-electron chi connectivity index (χ1n) is 46.0. The van der Waals surface area contributed by atoms with E-state index in [-0.39, 0.29) is 120 Å². The Kier molecular flexibility index (Phi) is 27.1. The molecule has 0 spiro atoms. The predicted molar refractivity (Wildman–Crippen MR) is 502 cm³/mol. The number of carbonyl (C=O) groups is 6. The summed E-state index contributed by atoms with van der Waals surface area (Å²) < 4.78 is 0. The summed E-state index contributed by atoms with van der Waals surface area (Å²) in [6.07, 6.45) is -0.320. The molecule has 3 saturated heterocycles. The smallest absolute Gasteiger partial charge is 0.341 e. The van der Waals surface area contributed by atoms with E-state index in [0.717, 1.165) is 33.4 Å². The second kappa shape index (κ2) is 37.2. The van der Waals surface area contributed by atoms with E-state index in [1.165, 1.54) is 62.4 Å². The van der Waals surface area contributed by atoms with Gasteiger partial charge in [0.2, 0.25) is 0 Å². The quantitative estimate of drug-likeness (QED) is 0.0215. The summed E-state index contributed by atoms with van der Waals surface area (Å²) in [5, 5.41) is 38.9. The van der Waals surface area contributed by atoms with Gasteiger partial charge in [0.25, 0.3) is 15.5 Å². The van der Waals surface area contributed by atoms with Gasteiger partial charge in [-0.2, -0.15) is 0 Å². The number of nitrogens with two attached hydrogens (primary N) is 3. The largest absolute Gasteiger partial charge is 0.481 e. The molecule has 5 aliphatic rings. The maximum atomic E-state index is 18.2. The second-order valence-electron chi connectivity index (χ2n) is 39.2. The third-order valence-corrected chi connectivity index (χ3v) is 33.8. The fourth-order valence-electron chi connectivity index (χ4n) is 25.7. The molecule has 12 atom stereocenters. The van der Waals surface area contributed by atoms with Crippen LogP contribution in [0.5, 0.6) is 0 Å². The highest BCUT2D eigenvalue weighted by Crippen LogP contribution is 2.73. The fraction of sp³-hybridized carbons (Fsp3) is 0.429. The number of nitro groups is 1. The van der Waals surface area contributed by atoms with E-state index in [1.54, 1.807) is 119 Å². The van der Waals surface area contributed by atoms with Gasteiger partial charge in [0.15, 0.2) is 0 Å². The zero-order valence-electron chi connectivity index (χ0n) is 78.9. The first-order chi connectivity index (χ1) is 63.6. The number of piperidine rings is 3. The van der Waals surface area contributed by atoms with E-state index < -0.39 is 154 Å². The highest BCUT2D eigenvalue weighted by Gasteiger charge is 2.83. The molecule has 12 unspecified atom stereocenters. The highest BCUT2D eigenvalue weighted by molar-refractivity contribution is 5.91. The van der Waals surface area contributed by atoms with Crippen LogP contribution in [0.3, 0.4) is 0 Å². The minimum Gasteiger partial charge on any atom is -0.481 e. The molecule has 9 aromatic rings. The topological polar surface area (TPSA) is 376 Å². The van der Waals surface area contributed by atoms with Crippen molar-refractivity contribution in [3.8, 4) is 0 Å². The van der Waals surface area contributed by atoms with Gasteiger partial charge >= 0.3 is 58.0 Å². The Morgan fingerprint density at radius 3 is 0.993 bits per heavy atom. The molecule has 29 nitrogen and oxygen atoms in total. The molecule has 134 heavy (non-hydrogen) atoms. The summed E-state index contributed by atoms with van der Waals surface area (Å²) >= 11 is 0. The van der Waals surface area contributed by atoms with Crippen LogP contribution in [-0.2, 0) is 74.2 Å². The molecule has 0 aromatic heterocycles. The van der Waals surface area contributed by atoms with Gasteiger partial charge in [-0.15, -0.1) is 0 Å². The van der Waals surface area contributed by atoms with Gasteiger partial charge in [-0.25, -0.2) is 19.2 Å². The molecule has 4 bridgehead atoms. The van der Waals surface area contributed by atoms with Crippen molar-refractivity contribution < 1.29 is 83.0 Å². The number of carboxylic acids is 2. The summed E-state index contributed by atoms with van der Waals surface area (Å²) in [7, 11) is 0. The van der Waals surface area contributed by atoms with Crippen molar-refractivity contribution in [1.82, 2.24) is 25.5 Å². The number of hydrogen-bond donors (Lipinski definition) is 5. The number of fused-ring (bicyclic) bond motifs is 8. The van der Waals surface area contributed by atoms with E-state index in [9.17, 15) is 20.3 Å². The Hall–Kier alpha value is -12.3. The monoisotopic (exact) mass is 1830 g/mol. The molecule has 8 N–H and O–H groups in total. The van der Waals surface area contributed by atoms with Crippen LogP contribution in [0.4, 0.5) is 17.1 Å². The first-order valence-corrected chi connectivity index (χ1v) is 46.0. The third kappa shape index (κ3) is 15.0. The number of nitrogens with zero attached hydrogens (tertiary/aromatic N) is 8. The number of carbonyl (C=O) groups excluding carboxylic acids is 4. The van der Waals surface area contributed by atoms with Crippen molar-refractivity contribution in [3.05, 3.63) is 325 Å². The fourth-order valence-corrected chi connectivity index (χ4v) is 25.7. The van der Waals surface area contributed by atoms with E-state index >= 15 is 38.6 Å². The Morgan fingerprint density at radius 1 is 0.403 bits per heavy atom.